The van der Waals surface area contributed by atoms with E-state index in [2.05, 4.69) is 10.4 Å². The number of carbonyl (C=O) groups excluding carboxylic acids is 1. The highest BCUT2D eigenvalue weighted by Crippen LogP contribution is 2.17. The van der Waals surface area contributed by atoms with Gasteiger partial charge in [0.05, 0.1) is 6.04 Å². The number of nitrogens with one attached hydrogen (secondary N) is 1. The molecular weight excluding hydrogens is 282 g/mol. The highest BCUT2D eigenvalue weighted by atomic mass is 32.1. The topological polar surface area (TPSA) is 86.4 Å². The molecule has 0 saturated heterocycles. The van der Waals surface area contributed by atoms with E-state index in [1.54, 1.807) is 11.3 Å². The molecule has 2 aromatic rings. The number of nitrogens with zero attached hydrogens (tertiary/aromatic N) is 2. The standard InChI is InChI=1S/C12H15N3O4S/c1-8(9-4-3-5-20-9)13-10(16)6-15-12(17)19-11(14-15)7-18-2/h3-5,8H,6-7H2,1-2H3,(H,13,16)/t8-/m1/s1. The highest BCUT2D eigenvalue weighted by Gasteiger charge is 2.14. The van der Waals surface area contributed by atoms with E-state index in [1.165, 1.54) is 7.11 Å². The minimum atomic E-state index is -0.670. The molecule has 2 aromatic heterocycles. The van der Waals surface area contributed by atoms with E-state index in [1.807, 2.05) is 24.4 Å². The molecule has 0 unspecified atom stereocenters. The summed E-state index contributed by atoms with van der Waals surface area (Å²) in [6.07, 6.45) is 0. The maximum absolute atomic E-state index is 11.9. The van der Waals surface area contributed by atoms with E-state index < -0.39 is 5.76 Å². The van der Waals surface area contributed by atoms with Crippen LogP contribution in [-0.4, -0.2) is 22.8 Å². The molecule has 0 fully saturated rings. The summed E-state index contributed by atoms with van der Waals surface area (Å²) in [6, 6.07) is 3.75. The van der Waals surface area contributed by atoms with Crippen LogP contribution in [0.3, 0.4) is 0 Å². The zero-order valence-corrected chi connectivity index (χ0v) is 12.0. The first-order chi connectivity index (χ1) is 9.60. The Morgan fingerprint density at radius 2 is 2.45 bits per heavy atom. The third kappa shape index (κ3) is 3.55. The summed E-state index contributed by atoms with van der Waals surface area (Å²) in [7, 11) is 1.47. The van der Waals surface area contributed by atoms with Gasteiger partial charge in [0, 0.05) is 12.0 Å². The summed E-state index contributed by atoms with van der Waals surface area (Å²) < 4.78 is 10.6. The van der Waals surface area contributed by atoms with Crippen molar-refractivity contribution in [2.45, 2.75) is 26.1 Å². The summed E-state index contributed by atoms with van der Waals surface area (Å²) in [6.45, 7) is 1.79. The van der Waals surface area contributed by atoms with Gasteiger partial charge in [-0.2, -0.15) is 4.68 Å². The van der Waals surface area contributed by atoms with Crippen molar-refractivity contribution in [2.24, 2.45) is 0 Å². The summed E-state index contributed by atoms with van der Waals surface area (Å²) in [4.78, 5) is 24.4. The zero-order valence-electron chi connectivity index (χ0n) is 11.2. The highest BCUT2D eigenvalue weighted by molar-refractivity contribution is 7.10. The van der Waals surface area contributed by atoms with Crippen LogP contribution in [0.25, 0.3) is 0 Å². The van der Waals surface area contributed by atoms with Gasteiger partial charge in [0.15, 0.2) is 0 Å². The predicted octanol–water partition coefficient (Wildman–Crippen LogP) is 0.922. The lowest BCUT2D eigenvalue weighted by Crippen LogP contribution is -2.32. The molecule has 0 aliphatic rings. The van der Waals surface area contributed by atoms with Gasteiger partial charge in [0.2, 0.25) is 11.8 Å². The summed E-state index contributed by atoms with van der Waals surface area (Å²) >= 11 is 1.56. The molecule has 0 bridgehead atoms. The molecule has 1 N–H and O–H groups in total. The van der Waals surface area contributed by atoms with Crippen LogP contribution >= 0.6 is 11.3 Å². The van der Waals surface area contributed by atoms with Gasteiger partial charge in [-0.15, -0.1) is 16.4 Å². The van der Waals surface area contributed by atoms with Crippen LogP contribution in [0.15, 0.2) is 26.7 Å². The van der Waals surface area contributed by atoms with Crippen LogP contribution in [0.5, 0.6) is 0 Å². The summed E-state index contributed by atoms with van der Waals surface area (Å²) in [5, 5.41) is 8.60. The van der Waals surface area contributed by atoms with Crippen molar-refractivity contribution in [3.05, 3.63) is 38.8 Å². The van der Waals surface area contributed by atoms with Gasteiger partial charge in [0.25, 0.3) is 0 Å². The smallest absolute Gasteiger partial charge is 0.390 e. The molecule has 1 atom stereocenters. The quantitative estimate of drug-likeness (QED) is 0.857. The number of amides is 1. The van der Waals surface area contributed by atoms with Crippen molar-refractivity contribution in [1.29, 1.82) is 0 Å². The third-order valence-corrected chi connectivity index (χ3v) is 3.61. The number of aromatic nitrogens is 2. The Morgan fingerprint density at radius 3 is 3.10 bits per heavy atom. The average Bonchev–Trinajstić information content (AvgIpc) is 3.01. The van der Waals surface area contributed by atoms with Crippen LogP contribution < -0.4 is 11.1 Å². The zero-order chi connectivity index (χ0) is 14.5. The molecule has 7 nitrogen and oxygen atoms in total. The first kappa shape index (κ1) is 14.5. The van der Waals surface area contributed by atoms with Gasteiger partial charge in [0.1, 0.15) is 13.2 Å². The number of carbonyl (C=O) groups is 1. The largest absolute Gasteiger partial charge is 0.437 e. The van der Waals surface area contributed by atoms with Gasteiger partial charge in [-0.1, -0.05) is 6.07 Å². The fourth-order valence-electron chi connectivity index (χ4n) is 1.66. The van der Waals surface area contributed by atoms with Crippen LogP contribution in [-0.2, 0) is 22.7 Å². The van der Waals surface area contributed by atoms with Crippen LogP contribution in [0.2, 0.25) is 0 Å². The molecule has 20 heavy (non-hydrogen) atoms. The summed E-state index contributed by atoms with van der Waals surface area (Å²) in [5.74, 6) is -0.821. The normalized spacial score (nSPS) is 12.3. The van der Waals surface area contributed by atoms with E-state index >= 15 is 0 Å². The van der Waals surface area contributed by atoms with Gasteiger partial charge in [-0.3, -0.25) is 4.79 Å². The Kier molecular flexibility index (Phi) is 4.70. The minimum absolute atomic E-state index is 0.0927. The van der Waals surface area contributed by atoms with Gasteiger partial charge in [-0.05, 0) is 18.4 Å². The lowest BCUT2D eigenvalue weighted by atomic mass is 10.3. The van der Waals surface area contributed by atoms with E-state index in [9.17, 15) is 9.59 Å². The van der Waals surface area contributed by atoms with Crippen LogP contribution in [0.4, 0.5) is 0 Å². The summed E-state index contributed by atoms with van der Waals surface area (Å²) in [5.41, 5.74) is 0. The second-order valence-electron chi connectivity index (χ2n) is 4.16. The number of hydrogen-bond acceptors (Lipinski definition) is 6. The fraction of sp³-hybridized carbons (Fsp3) is 0.417. The van der Waals surface area contributed by atoms with Crippen LogP contribution in [0.1, 0.15) is 23.7 Å². The van der Waals surface area contributed by atoms with E-state index in [0.717, 1.165) is 9.56 Å². The second kappa shape index (κ2) is 6.49. The maximum atomic E-state index is 11.9. The Labute approximate surface area is 119 Å². The second-order valence-corrected chi connectivity index (χ2v) is 5.14. The lowest BCUT2D eigenvalue weighted by molar-refractivity contribution is -0.122. The number of thiophene rings is 1. The van der Waals surface area contributed by atoms with Crippen molar-refractivity contribution in [2.75, 3.05) is 7.11 Å². The molecule has 0 spiro atoms. The first-order valence-corrected chi connectivity index (χ1v) is 6.86. The lowest BCUT2D eigenvalue weighted by Gasteiger charge is -2.11. The van der Waals surface area contributed by atoms with Crippen molar-refractivity contribution in [1.82, 2.24) is 15.1 Å². The number of methoxy groups -OCH3 is 1. The maximum Gasteiger partial charge on any atom is 0.437 e. The third-order valence-electron chi connectivity index (χ3n) is 2.56. The van der Waals surface area contributed by atoms with E-state index in [0.29, 0.717) is 0 Å². The molecule has 2 heterocycles. The molecule has 8 heteroatoms. The van der Waals surface area contributed by atoms with Crippen molar-refractivity contribution in [3.63, 3.8) is 0 Å². The fourth-order valence-corrected chi connectivity index (χ4v) is 2.40. The molecule has 0 aliphatic carbocycles. The van der Waals surface area contributed by atoms with Gasteiger partial charge < -0.3 is 14.5 Å². The average molecular weight is 297 g/mol. The van der Waals surface area contributed by atoms with Crippen LogP contribution in [0, 0.1) is 0 Å². The SMILES string of the molecule is COCc1nn(CC(=O)N[C@H](C)c2cccs2)c(=O)o1. The number of hydrogen-bond donors (Lipinski definition) is 1. The molecule has 0 saturated carbocycles. The molecule has 0 aromatic carbocycles. The first-order valence-electron chi connectivity index (χ1n) is 5.98. The Hall–Kier alpha value is -1.93. The molecule has 0 aliphatic heterocycles. The predicted molar refractivity (Wildman–Crippen MR) is 72.4 cm³/mol. The monoisotopic (exact) mass is 297 g/mol. The Bertz CT molecular complexity index is 617. The minimum Gasteiger partial charge on any atom is -0.390 e. The molecule has 2 rings (SSSR count). The van der Waals surface area contributed by atoms with Crippen molar-refractivity contribution < 1.29 is 13.9 Å². The molecule has 1 amide bonds. The number of rotatable bonds is 6. The van der Waals surface area contributed by atoms with E-state index in [4.69, 9.17) is 9.15 Å². The van der Waals surface area contributed by atoms with Crippen molar-refractivity contribution >= 4 is 17.2 Å². The molecular formula is C12H15N3O4S. The van der Waals surface area contributed by atoms with E-state index in [-0.39, 0.29) is 31.0 Å². The van der Waals surface area contributed by atoms with Gasteiger partial charge in [-0.25, -0.2) is 4.79 Å². The number of ether oxygens (including phenoxy) is 1. The molecule has 0 radical (unpaired) electrons. The molecule has 108 valence electrons. The Balaban J connectivity index is 1.96. The van der Waals surface area contributed by atoms with Crippen molar-refractivity contribution in [3.8, 4) is 0 Å². The van der Waals surface area contributed by atoms with Gasteiger partial charge >= 0.3 is 5.76 Å². The Morgan fingerprint density at radius 1 is 1.65 bits per heavy atom.